The lowest BCUT2D eigenvalue weighted by Gasteiger charge is -2.30. The number of piperidine rings is 1. The first-order valence-electron chi connectivity index (χ1n) is 8.05. The number of anilines is 1. The van der Waals surface area contributed by atoms with E-state index >= 15 is 0 Å². The standard InChI is InChI=1S/C18H21N3O/c22-18(19-15-10-13-8-9-21(11-13)12-15)20-17-7-3-5-14-4-1-2-6-16(14)17/h1-7,13,15H,8-12H2,(H2,19,20,22). The van der Waals surface area contributed by atoms with E-state index in [0.717, 1.165) is 35.3 Å². The van der Waals surface area contributed by atoms with Gasteiger partial charge in [-0.15, -0.1) is 0 Å². The van der Waals surface area contributed by atoms with Gasteiger partial charge in [0.15, 0.2) is 0 Å². The van der Waals surface area contributed by atoms with Crippen LogP contribution in [0.3, 0.4) is 0 Å². The molecule has 0 aromatic heterocycles. The Labute approximate surface area is 130 Å². The van der Waals surface area contributed by atoms with Crippen LogP contribution in [-0.4, -0.2) is 36.6 Å². The number of amides is 2. The lowest BCUT2D eigenvalue weighted by Crippen LogP contribution is -2.48. The minimum atomic E-state index is -0.0937. The van der Waals surface area contributed by atoms with Crippen LogP contribution in [-0.2, 0) is 0 Å². The van der Waals surface area contributed by atoms with Crippen LogP contribution in [0.2, 0.25) is 0 Å². The predicted octanol–water partition coefficient (Wildman–Crippen LogP) is 3.06. The molecule has 0 aliphatic carbocycles. The summed E-state index contributed by atoms with van der Waals surface area (Å²) in [7, 11) is 0. The first-order valence-corrected chi connectivity index (χ1v) is 8.05. The molecule has 2 aliphatic heterocycles. The third-order valence-electron chi connectivity index (χ3n) is 4.84. The number of rotatable bonds is 2. The topological polar surface area (TPSA) is 44.4 Å². The van der Waals surface area contributed by atoms with Gasteiger partial charge in [0.2, 0.25) is 0 Å². The molecule has 2 bridgehead atoms. The van der Waals surface area contributed by atoms with Crippen molar-refractivity contribution in [1.29, 1.82) is 0 Å². The zero-order chi connectivity index (χ0) is 14.9. The zero-order valence-corrected chi connectivity index (χ0v) is 12.6. The summed E-state index contributed by atoms with van der Waals surface area (Å²) in [4.78, 5) is 14.8. The molecule has 4 rings (SSSR count). The molecular formula is C18H21N3O. The van der Waals surface area contributed by atoms with E-state index in [-0.39, 0.29) is 12.1 Å². The molecule has 2 amide bonds. The Morgan fingerprint density at radius 1 is 1.09 bits per heavy atom. The molecule has 2 N–H and O–H groups in total. The van der Waals surface area contributed by atoms with Crippen molar-refractivity contribution in [1.82, 2.24) is 10.2 Å². The SMILES string of the molecule is O=C(Nc1cccc2ccccc12)NC1CC2CCN(C2)C1. The van der Waals surface area contributed by atoms with E-state index in [9.17, 15) is 4.79 Å². The molecule has 4 nitrogen and oxygen atoms in total. The van der Waals surface area contributed by atoms with E-state index in [4.69, 9.17) is 0 Å². The van der Waals surface area contributed by atoms with Gasteiger partial charge < -0.3 is 15.5 Å². The molecule has 0 spiro atoms. The molecule has 2 heterocycles. The molecule has 2 fully saturated rings. The first-order chi connectivity index (χ1) is 10.8. The lowest BCUT2D eigenvalue weighted by molar-refractivity contribution is 0.211. The van der Waals surface area contributed by atoms with Gasteiger partial charge in [-0.05, 0) is 36.8 Å². The van der Waals surface area contributed by atoms with Crippen molar-refractivity contribution in [3.05, 3.63) is 42.5 Å². The largest absolute Gasteiger partial charge is 0.334 e. The normalized spacial score (nSPS) is 26.8. The molecule has 2 saturated heterocycles. The van der Waals surface area contributed by atoms with Gasteiger partial charge in [-0.2, -0.15) is 0 Å². The maximum atomic E-state index is 12.3. The molecule has 2 aromatic carbocycles. The summed E-state index contributed by atoms with van der Waals surface area (Å²) < 4.78 is 0. The summed E-state index contributed by atoms with van der Waals surface area (Å²) in [6.45, 7) is 3.39. The van der Waals surface area contributed by atoms with E-state index < -0.39 is 0 Å². The van der Waals surface area contributed by atoms with Crippen LogP contribution >= 0.6 is 0 Å². The molecule has 4 heteroatoms. The van der Waals surface area contributed by atoms with Crippen molar-refractivity contribution in [2.24, 2.45) is 5.92 Å². The Kier molecular flexibility index (Phi) is 3.47. The third-order valence-corrected chi connectivity index (χ3v) is 4.84. The second-order valence-corrected chi connectivity index (χ2v) is 6.47. The molecule has 3 unspecified atom stereocenters. The van der Waals surface area contributed by atoms with Crippen LogP contribution in [0.1, 0.15) is 12.8 Å². The number of benzene rings is 2. The predicted molar refractivity (Wildman–Crippen MR) is 89.1 cm³/mol. The highest BCUT2D eigenvalue weighted by Crippen LogP contribution is 2.27. The molecular weight excluding hydrogens is 274 g/mol. The van der Waals surface area contributed by atoms with Crippen molar-refractivity contribution in [2.75, 3.05) is 25.0 Å². The van der Waals surface area contributed by atoms with Gasteiger partial charge in [-0.25, -0.2) is 4.79 Å². The van der Waals surface area contributed by atoms with E-state index in [0.29, 0.717) is 0 Å². The second-order valence-electron chi connectivity index (χ2n) is 6.47. The van der Waals surface area contributed by atoms with Gasteiger partial charge in [0.1, 0.15) is 0 Å². The highest BCUT2D eigenvalue weighted by atomic mass is 16.2. The number of hydrogen-bond acceptors (Lipinski definition) is 2. The van der Waals surface area contributed by atoms with Gasteiger partial charge >= 0.3 is 6.03 Å². The van der Waals surface area contributed by atoms with Crippen LogP contribution < -0.4 is 10.6 Å². The molecule has 22 heavy (non-hydrogen) atoms. The minimum Gasteiger partial charge on any atom is -0.334 e. The maximum absolute atomic E-state index is 12.3. The van der Waals surface area contributed by atoms with Gasteiger partial charge in [-0.3, -0.25) is 0 Å². The Balaban J connectivity index is 1.45. The molecule has 0 saturated carbocycles. The van der Waals surface area contributed by atoms with Gasteiger partial charge in [0, 0.05) is 24.5 Å². The number of carbonyl (C=O) groups is 1. The third kappa shape index (κ3) is 2.66. The monoisotopic (exact) mass is 295 g/mol. The Hall–Kier alpha value is -2.07. The molecule has 3 atom stereocenters. The van der Waals surface area contributed by atoms with Crippen molar-refractivity contribution in [2.45, 2.75) is 18.9 Å². The fourth-order valence-corrected chi connectivity index (χ4v) is 3.84. The second kappa shape index (κ2) is 5.61. The van der Waals surface area contributed by atoms with E-state index in [1.165, 1.54) is 19.5 Å². The summed E-state index contributed by atoms with van der Waals surface area (Å²) in [6, 6.07) is 14.3. The van der Waals surface area contributed by atoms with Crippen molar-refractivity contribution in [3.63, 3.8) is 0 Å². The van der Waals surface area contributed by atoms with Crippen LogP contribution in [0.15, 0.2) is 42.5 Å². The van der Waals surface area contributed by atoms with E-state index in [1.54, 1.807) is 0 Å². The fourth-order valence-electron chi connectivity index (χ4n) is 3.84. The van der Waals surface area contributed by atoms with Gasteiger partial charge in [0.05, 0.1) is 5.69 Å². The van der Waals surface area contributed by atoms with Crippen molar-refractivity contribution in [3.8, 4) is 0 Å². The maximum Gasteiger partial charge on any atom is 0.319 e. The summed E-state index contributed by atoms with van der Waals surface area (Å²) in [5.41, 5.74) is 0.870. The highest BCUT2D eigenvalue weighted by Gasteiger charge is 2.32. The van der Waals surface area contributed by atoms with Crippen LogP contribution in [0.4, 0.5) is 10.5 Å². The summed E-state index contributed by atoms with van der Waals surface area (Å²) in [5, 5.41) is 8.37. The molecule has 114 valence electrons. The number of hydrogen-bond donors (Lipinski definition) is 2. The Bertz CT molecular complexity index is 682. The van der Waals surface area contributed by atoms with Crippen LogP contribution in [0, 0.1) is 5.92 Å². The Morgan fingerprint density at radius 2 is 1.95 bits per heavy atom. The number of nitrogens with one attached hydrogen (secondary N) is 2. The molecule has 2 aromatic rings. The van der Waals surface area contributed by atoms with Gasteiger partial charge in [-0.1, -0.05) is 36.4 Å². The quantitative estimate of drug-likeness (QED) is 0.894. The molecule has 2 aliphatic rings. The van der Waals surface area contributed by atoms with Crippen molar-refractivity contribution >= 4 is 22.5 Å². The Morgan fingerprint density at radius 3 is 2.86 bits per heavy atom. The number of fused-ring (bicyclic) bond motifs is 3. The number of nitrogens with zero attached hydrogens (tertiary/aromatic N) is 1. The average molecular weight is 295 g/mol. The van der Waals surface area contributed by atoms with Crippen molar-refractivity contribution < 1.29 is 4.79 Å². The first kappa shape index (κ1) is 13.6. The molecule has 0 radical (unpaired) electrons. The zero-order valence-electron chi connectivity index (χ0n) is 12.6. The number of carbonyl (C=O) groups excluding carboxylic acids is 1. The smallest absolute Gasteiger partial charge is 0.319 e. The summed E-state index contributed by atoms with van der Waals surface area (Å²) in [6.07, 6.45) is 2.39. The van der Waals surface area contributed by atoms with E-state index in [2.05, 4.69) is 27.7 Å². The number of urea groups is 1. The van der Waals surface area contributed by atoms with E-state index in [1.807, 2.05) is 30.3 Å². The highest BCUT2D eigenvalue weighted by molar-refractivity contribution is 6.01. The lowest BCUT2D eigenvalue weighted by atomic mass is 9.97. The minimum absolute atomic E-state index is 0.0937. The van der Waals surface area contributed by atoms with Crippen LogP contribution in [0.25, 0.3) is 10.8 Å². The summed E-state index contributed by atoms with van der Waals surface area (Å²) >= 11 is 0. The summed E-state index contributed by atoms with van der Waals surface area (Å²) in [5.74, 6) is 0.761. The van der Waals surface area contributed by atoms with Crippen LogP contribution in [0.5, 0.6) is 0 Å². The fraction of sp³-hybridized carbons (Fsp3) is 0.389. The average Bonchev–Trinajstić information content (AvgIpc) is 2.86. The van der Waals surface area contributed by atoms with Gasteiger partial charge in [0.25, 0.3) is 0 Å².